The van der Waals surface area contributed by atoms with Gasteiger partial charge in [-0.1, -0.05) is 0 Å². The first-order valence-electron chi connectivity index (χ1n) is 4.94. The van der Waals surface area contributed by atoms with Gasteiger partial charge in [-0.05, 0) is 32.4 Å². The summed E-state index contributed by atoms with van der Waals surface area (Å²) in [6.07, 6.45) is 7.10. The van der Waals surface area contributed by atoms with Crippen LogP contribution in [0.4, 0.5) is 0 Å². The normalized spacial score (nSPS) is 12.4. The van der Waals surface area contributed by atoms with Crippen molar-refractivity contribution in [2.45, 2.75) is 32.7 Å². The Labute approximate surface area is 90.5 Å². The molecular formula is C12H17NS. The molecule has 1 aromatic rings. The molecule has 0 spiro atoms. The van der Waals surface area contributed by atoms with E-state index in [4.69, 9.17) is 6.42 Å². The highest BCUT2D eigenvalue weighted by atomic mass is 32.1. The molecule has 1 unspecified atom stereocenters. The quantitative estimate of drug-likeness (QED) is 0.578. The van der Waals surface area contributed by atoms with Gasteiger partial charge >= 0.3 is 0 Å². The van der Waals surface area contributed by atoms with Crippen molar-refractivity contribution in [2.75, 3.05) is 6.54 Å². The minimum Gasteiger partial charge on any atom is -0.313 e. The predicted molar refractivity (Wildman–Crippen MR) is 63.7 cm³/mol. The Kier molecular flexibility index (Phi) is 4.72. The minimum absolute atomic E-state index is 0.515. The van der Waals surface area contributed by atoms with E-state index in [1.165, 1.54) is 9.75 Å². The lowest BCUT2D eigenvalue weighted by Crippen LogP contribution is -2.28. The van der Waals surface area contributed by atoms with Crippen molar-refractivity contribution < 1.29 is 0 Å². The highest BCUT2D eigenvalue weighted by molar-refractivity contribution is 7.11. The molecule has 0 amide bonds. The van der Waals surface area contributed by atoms with Crippen LogP contribution in [0.1, 0.15) is 23.1 Å². The maximum atomic E-state index is 5.18. The summed E-state index contributed by atoms with van der Waals surface area (Å²) in [4.78, 5) is 2.83. The molecule has 76 valence electrons. The standard InChI is InChI=1S/C12H17NS/c1-4-5-8-13-10(2)9-12-7-6-11(3)14-12/h1,6-7,10,13H,5,8-9H2,2-3H3. The van der Waals surface area contributed by atoms with Crippen molar-refractivity contribution in [3.63, 3.8) is 0 Å². The lowest BCUT2D eigenvalue weighted by molar-refractivity contribution is 0.557. The van der Waals surface area contributed by atoms with E-state index >= 15 is 0 Å². The summed E-state index contributed by atoms with van der Waals surface area (Å²) in [5.41, 5.74) is 0. The zero-order chi connectivity index (χ0) is 10.4. The molecule has 1 heterocycles. The summed E-state index contributed by atoms with van der Waals surface area (Å²) >= 11 is 1.87. The van der Waals surface area contributed by atoms with Crippen molar-refractivity contribution in [3.05, 3.63) is 21.9 Å². The number of aryl methyl sites for hydroxylation is 1. The molecule has 0 aromatic carbocycles. The largest absolute Gasteiger partial charge is 0.313 e. The molecule has 0 fully saturated rings. The van der Waals surface area contributed by atoms with Crippen LogP contribution in [0.5, 0.6) is 0 Å². The van der Waals surface area contributed by atoms with Gasteiger partial charge in [-0.25, -0.2) is 0 Å². The molecule has 2 heteroatoms. The smallest absolute Gasteiger partial charge is 0.0211 e. The lowest BCUT2D eigenvalue weighted by Gasteiger charge is -2.11. The summed E-state index contributed by atoms with van der Waals surface area (Å²) in [5.74, 6) is 2.63. The van der Waals surface area contributed by atoms with Crippen LogP contribution in [-0.4, -0.2) is 12.6 Å². The van der Waals surface area contributed by atoms with Crippen LogP contribution in [-0.2, 0) is 6.42 Å². The second kappa shape index (κ2) is 5.85. The van der Waals surface area contributed by atoms with Crippen LogP contribution >= 0.6 is 11.3 Å². The second-order valence-corrected chi connectivity index (χ2v) is 4.90. The molecule has 1 rings (SSSR count). The average molecular weight is 207 g/mol. The number of terminal acetylenes is 1. The zero-order valence-corrected chi connectivity index (χ0v) is 9.66. The van der Waals surface area contributed by atoms with Crippen LogP contribution in [0.2, 0.25) is 0 Å². The molecule has 1 N–H and O–H groups in total. The highest BCUT2D eigenvalue weighted by Gasteiger charge is 2.03. The van der Waals surface area contributed by atoms with Gasteiger partial charge in [-0.2, -0.15) is 0 Å². The van der Waals surface area contributed by atoms with E-state index in [1.54, 1.807) is 0 Å². The molecule has 0 saturated heterocycles. The van der Waals surface area contributed by atoms with Gasteiger partial charge < -0.3 is 5.32 Å². The maximum absolute atomic E-state index is 5.18. The van der Waals surface area contributed by atoms with E-state index < -0.39 is 0 Å². The molecule has 0 aliphatic carbocycles. The summed E-state index contributed by atoms with van der Waals surface area (Å²) in [6.45, 7) is 5.26. The number of hydrogen-bond acceptors (Lipinski definition) is 2. The van der Waals surface area contributed by atoms with Crippen molar-refractivity contribution >= 4 is 11.3 Å². The van der Waals surface area contributed by atoms with E-state index in [9.17, 15) is 0 Å². The van der Waals surface area contributed by atoms with Crippen LogP contribution in [0.15, 0.2) is 12.1 Å². The van der Waals surface area contributed by atoms with Gasteiger partial charge in [0, 0.05) is 28.8 Å². The minimum atomic E-state index is 0.515. The fourth-order valence-corrected chi connectivity index (χ4v) is 2.38. The van der Waals surface area contributed by atoms with Crippen LogP contribution in [0.25, 0.3) is 0 Å². The first kappa shape index (κ1) is 11.3. The summed E-state index contributed by atoms with van der Waals surface area (Å²) in [5, 5.41) is 3.41. The third-order valence-corrected chi connectivity index (χ3v) is 3.09. The zero-order valence-electron chi connectivity index (χ0n) is 8.84. The maximum Gasteiger partial charge on any atom is 0.0211 e. The molecule has 0 bridgehead atoms. The van der Waals surface area contributed by atoms with E-state index in [-0.39, 0.29) is 0 Å². The molecule has 14 heavy (non-hydrogen) atoms. The second-order valence-electron chi connectivity index (χ2n) is 3.53. The summed E-state index contributed by atoms with van der Waals surface area (Å²) < 4.78 is 0. The van der Waals surface area contributed by atoms with Crippen molar-refractivity contribution in [2.24, 2.45) is 0 Å². The van der Waals surface area contributed by atoms with Crippen molar-refractivity contribution in [3.8, 4) is 12.3 Å². The first-order chi connectivity index (χ1) is 6.72. The van der Waals surface area contributed by atoms with Gasteiger partial charge in [0.2, 0.25) is 0 Å². The van der Waals surface area contributed by atoms with Crippen molar-refractivity contribution in [1.29, 1.82) is 0 Å². The molecule has 0 saturated carbocycles. The molecular weight excluding hydrogens is 190 g/mol. The van der Waals surface area contributed by atoms with Gasteiger partial charge in [-0.3, -0.25) is 0 Å². The first-order valence-corrected chi connectivity index (χ1v) is 5.76. The Hall–Kier alpha value is -0.780. The Morgan fingerprint density at radius 2 is 2.36 bits per heavy atom. The Morgan fingerprint density at radius 1 is 1.57 bits per heavy atom. The van der Waals surface area contributed by atoms with Gasteiger partial charge in [0.1, 0.15) is 0 Å². The molecule has 1 atom stereocenters. The predicted octanol–water partition coefficient (Wildman–Crippen LogP) is 2.60. The van der Waals surface area contributed by atoms with Gasteiger partial charge in [0.15, 0.2) is 0 Å². The van der Waals surface area contributed by atoms with E-state index in [0.29, 0.717) is 6.04 Å². The highest BCUT2D eigenvalue weighted by Crippen LogP contribution is 2.16. The van der Waals surface area contributed by atoms with E-state index in [0.717, 1.165) is 19.4 Å². The van der Waals surface area contributed by atoms with Gasteiger partial charge in [-0.15, -0.1) is 23.7 Å². The monoisotopic (exact) mass is 207 g/mol. The third-order valence-electron chi connectivity index (χ3n) is 2.07. The molecule has 1 nitrogen and oxygen atoms in total. The number of hydrogen-bond donors (Lipinski definition) is 1. The van der Waals surface area contributed by atoms with Gasteiger partial charge in [0.25, 0.3) is 0 Å². The van der Waals surface area contributed by atoms with Crippen LogP contribution < -0.4 is 5.32 Å². The number of nitrogens with one attached hydrogen (secondary N) is 1. The Morgan fingerprint density at radius 3 is 2.93 bits per heavy atom. The van der Waals surface area contributed by atoms with Gasteiger partial charge in [0.05, 0.1) is 0 Å². The molecule has 1 aromatic heterocycles. The van der Waals surface area contributed by atoms with E-state index in [2.05, 4.69) is 37.2 Å². The van der Waals surface area contributed by atoms with Crippen LogP contribution in [0.3, 0.4) is 0 Å². The number of thiophene rings is 1. The number of rotatable bonds is 5. The Bertz CT molecular complexity index is 308. The Balaban J connectivity index is 2.27. The molecule has 0 aliphatic heterocycles. The summed E-state index contributed by atoms with van der Waals surface area (Å²) in [6, 6.07) is 4.90. The van der Waals surface area contributed by atoms with E-state index in [1.807, 2.05) is 11.3 Å². The van der Waals surface area contributed by atoms with Crippen LogP contribution in [0, 0.1) is 19.3 Å². The SMILES string of the molecule is C#CCCNC(C)Cc1ccc(C)s1. The topological polar surface area (TPSA) is 12.0 Å². The van der Waals surface area contributed by atoms with Crippen molar-refractivity contribution in [1.82, 2.24) is 5.32 Å². The summed E-state index contributed by atoms with van der Waals surface area (Å²) in [7, 11) is 0. The molecule has 0 aliphatic rings. The third kappa shape index (κ3) is 3.95. The fraction of sp³-hybridized carbons (Fsp3) is 0.500. The fourth-order valence-electron chi connectivity index (χ4n) is 1.36. The lowest BCUT2D eigenvalue weighted by atomic mass is 10.2. The average Bonchev–Trinajstić information content (AvgIpc) is 2.52. The molecule has 0 radical (unpaired) electrons.